The number of methoxy groups -OCH3 is 1. The normalized spacial score (nSPS) is 11.6. The number of fused-ring (bicyclic) bond motifs is 3. The van der Waals surface area contributed by atoms with Crippen molar-refractivity contribution in [1.82, 2.24) is 9.47 Å². The average molecular weight is 282 g/mol. The standard InChI is InChI=1S/C18H22N2O/c1-19(2)11-6-12-20-17-8-5-4-7-15(17)16-10-9-14(21-3)13-18(16)20/h4-5,7-10,13H,6,11-12H2,1-3H3. The first-order valence-electron chi connectivity index (χ1n) is 7.40. The molecule has 0 spiro atoms. The van der Waals surface area contributed by atoms with Gasteiger partial charge in [0.2, 0.25) is 0 Å². The molecule has 1 heterocycles. The molecular weight excluding hydrogens is 260 g/mol. The van der Waals surface area contributed by atoms with Crippen LogP contribution in [0.1, 0.15) is 6.42 Å². The minimum atomic E-state index is 0.916. The third-order valence-electron chi connectivity index (χ3n) is 3.97. The SMILES string of the molecule is COc1ccc2c3ccccc3n(CCCN(C)C)c2c1. The molecule has 0 atom stereocenters. The molecule has 0 fully saturated rings. The van der Waals surface area contributed by atoms with Gasteiger partial charge in [-0.15, -0.1) is 0 Å². The molecule has 21 heavy (non-hydrogen) atoms. The van der Waals surface area contributed by atoms with Crippen molar-refractivity contribution in [2.45, 2.75) is 13.0 Å². The molecule has 0 unspecified atom stereocenters. The number of hydrogen-bond donors (Lipinski definition) is 0. The van der Waals surface area contributed by atoms with E-state index in [1.165, 1.54) is 21.8 Å². The van der Waals surface area contributed by atoms with Crippen LogP contribution in [0, 0.1) is 0 Å². The zero-order chi connectivity index (χ0) is 14.8. The average Bonchev–Trinajstić information content (AvgIpc) is 2.81. The van der Waals surface area contributed by atoms with Gasteiger partial charge in [-0.05, 0) is 45.3 Å². The van der Waals surface area contributed by atoms with E-state index >= 15 is 0 Å². The first-order chi connectivity index (χ1) is 10.2. The van der Waals surface area contributed by atoms with Crippen molar-refractivity contribution in [3.63, 3.8) is 0 Å². The van der Waals surface area contributed by atoms with E-state index < -0.39 is 0 Å². The molecule has 0 radical (unpaired) electrons. The van der Waals surface area contributed by atoms with E-state index in [0.717, 1.165) is 25.3 Å². The maximum Gasteiger partial charge on any atom is 0.120 e. The lowest BCUT2D eigenvalue weighted by atomic mass is 10.1. The van der Waals surface area contributed by atoms with Gasteiger partial charge in [0.1, 0.15) is 5.75 Å². The summed E-state index contributed by atoms with van der Waals surface area (Å²) in [7, 11) is 5.96. The number of aryl methyl sites for hydroxylation is 1. The van der Waals surface area contributed by atoms with Gasteiger partial charge in [0, 0.05) is 28.9 Å². The number of aromatic nitrogens is 1. The van der Waals surface area contributed by atoms with Gasteiger partial charge in [-0.1, -0.05) is 18.2 Å². The van der Waals surface area contributed by atoms with Crippen LogP contribution in [-0.4, -0.2) is 37.2 Å². The fourth-order valence-corrected chi connectivity index (χ4v) is 2.94. The lowest BCUT2D eigenvalue weighted by molar-refractivity contribution is 0.389. The van der Waals surface area contributed by atoms with Crippen molar-refractivity contribution < 1.29 is 4.74 Å². The summed E-state index contributed by atoms with van der Waals surface area (Å²) in [6.07, 6.45) is 1.14. The second-order valence-electron chi connectivity index (χ2n) is 5.71. The molecule has 0 bridgehead atoms. The number of para-hydroxylation sites is 1. The van der Waals surface area contributed by atoms with Gasteiger partial charge in [-0.2, -0.15) is 0 Å². The van der Waals surface area contributed by atoms with Crippen molar-refractivity contribution in [2.24, 2.45) is 0 Å². The van der Waals surface area contributed by atoms with Crippen molar-refractivity contribution >= 4 is 21.8 Å². The van der Waals surface area contributed by atoms with E-state index in [2.05, 4.69) is 60.0 Å². The summed E-state index contributed by atoms with van der Waals surface area (Å²) < 4.78 is 7.81. The van der Waals surface area contributed by atoms with E-state index in [0.29, 0.717) is 0 Å². The quantitative estimate of drug-likeness (QED) is 0.709. The highest BCUT2D eigenvalue weighted by Gasteiger charge is 2.10. The summed E-state index contributed by atoms with van der Waals surface area (Å²) in [4.78, 5) is 2.23. The van der Waals surface area contributed by atoms with Crippen molar-refractivity contribution in [1.29, 1.82) is 0 Å². The second kappa shape index (κ2) is 5.78. The van der Waals surface area contributed by atoms with Crippen LogP contribution >= 0.6 is 0 Å². The highest BCUT2D eigenvalue weighted by Crippen LogP contribution is 2.31. The molecule has 0 N–H and O–H groups in total. The van der Waals surface area contributed by atoms with Crippen LogP contribution in [0.5, 0.6) is 5.75 Å². The Hall–Kier alpha value is -2.00. The molecule has 3 nitrogen and oxygen atoms in total. The topological polar surface area (TPSA) is 17.4 Å². The molecule has 0 aliphatic heterocycles. The number of benzene rings is 2. The summed E-state index contributed by atoms with van der Waals surface area (Å²) in [5.41, 5.74) is 2.56. The van der Waals surface area contributed by atoms with Gasteiger partial charge in [0.25, 0.3) is 0 Å². The number of nitrogens with zero attached hydrogens (tertiary/aromatic N) is 2. The lowest BCUT2D eigenvalue weighted by Gasteiger charge is -2.12. The van der Waals surface area contributed by atoms with E-state index in [4.69, 9.17) is 4.74 Å². The van der Waals surface area contributed by atoms with Gasteiger partial charge in [-0.3, -0.25) is 0 Å². The minimum absolute atomic E-state index is 0.916. The molecule has 110 valence electrons. The van der Waals surface area contributed by atoms with E-state index in [9.17, 15) is 0 Å². The Morgan fingerprint density at radius 3 is 2.52 bits per heavy atom. The third-order valence-corrected chi connectivity index (χ3v) is 3.97. The number of hydrogen-bond acceptors (Lipinski definition) is 2. The first-order valence-corrected chi connectivity index (χ1v) is 7.40. The summed E-state index contributed by atoms with van der Waals surface area (Å²) in [6, 6.07) is 15.0. The Balaban J connectivity index is 2.12. The summed E-state index contributed by atoms with van der Waals surface area (Å²) >= 11 is 0. The molecule has 0 amide bonds. The van der Waals surface area contributed by atoms with Gasteiger partial charge in [0.15, 0.2) is 0 Å². The van der Waals surface area contributed by atoms with Gasteiger partial charge in [0.05, 0.1) is 12.6 Å². The van der Waals surface area contributed by atoms with Crippen LogP contribution in [0.15, 0.2) is 42.5 Å². The van der Waals surface area contributed by atoms with Crippen molar-refractivity contribution in [3.05, 3.63) is 42.5 Å². The van der Waals surface area contributed by atoms with Crippen LogP contribution < -0.4 is 4.74 Å². The Bertz CT molecular complexity index is 758. The van der Waals surface area contributed by atoms with Gasteiger partial charge in [-0.25, -0.2) is 0 Å². The zero-order valence-electron chi connectivity index (χ0n) is 13.0. The van der Waals surface area contributed by atoms with Crippen LogP contribution in [0.3, 0.4) is 0 Å². The fourth-order valence-electron chi connectivity index (χ4n) is 2.94. The van der Waals surface area contributed by atoms with Crippen LogP contribution in [-0.2, 0) is 6.54 Å². The highest BCUT2D eigenvalue weighted by molar-refractivity contribution is 6.08. The highest BCUT2D eigenvalue weighted by atomic mass is 16.5. The summed E-state index contributed by atoms with van der Waals surface area (Å²) in [5.74, 6) is 0.916. The zero-order valence-corrected chi connectivity index (χ0v) is 13.0. The largest absolute Gasteiger partial charge is 0.497 e. The maximum absolute atomic E-state index is 5.39. The third kappa shape index (κ3) is 2.61. The maximum atomic E-state index is 5.39. The Morgan fingerprint density at radius 1 is 1.00 bits per heavy atom. The predicted octanol–water partition coefficient (Wildman–Crippen LogP) is 3.75. The predicted molar refractivity (Wildman–Crippen MR) is 89.2 cm³/mol. The van der Waals surface area contributed by atoms with Crippen LogP contribution in [0.25, 0.3) is 21.8 Å². The van der Waals surface area contributed by atoms with Crippen LogP contribution in [0.2, 0.25) is 0 Å². The monoisotopic (exact) mass is 282 g/mol. The smallest absolute Gasteiger partial charge is 0.120 e. The Morgan fingerprint density at radius 2 is 1.76 bits per heavy atom. The summed E-state index contributed by atoms with van der Waals surface area (Å²) in [6.45, 7) is 2.12. The molecule has 3 aromatic rings. The van der Waals surface area contributed by atoms with Crippen LogP contribution in [0.4, 0.5) is 0 Å². The fraction of sp³-hybridized carbons (Fsp3) is 0.333. The molecule has 0 saturated carbocycles. The molecule has 1 aromatic heterocycles. The van der Waals surface area contributed by atoms with Crippen molar-refractivity contribution in [2.75, 3.05) is 27.7 Å². The lowest BCUT2D eigenvalue weighted by Crippen LogP contribution is -2.15. The minimum Gasteiger partial charge on any atom is -0.497 e. The van der Waals surface area contributed by atoms with E-state index in [1.54, 1.807) is 7.11 Å². The van der Waals surface area contributed by atoms with Gasteiger partial charge < -0.3 is 14.2 Å². The molecule has 2 aromatic carbocycles. The molecule has 3 heteroatoms. The number of rotatable bonds is 5. The molecule has 0 aliphatic carbocycles. The van der Waals surface area contributed by atoms with Crippen molar-refractivity contribution in [3.8, 4) is 5.75 Å². The molecule has 0 aliphatic rings. The van der Waals surface area contributed by atoms with E-state index in [1.807, 2.05) is 6.07 Å². The molecular formula is C18H22N2O. The number of ether oxygens (including phenoxy) is 1. The van der Waals surface area contributed by atoms with E-state index in [-0.39, 0.29) is 0 Å². The Kier molecular flexibility index (Phi) is 3.84. The molecule has 0 saturated heterocycles. The summed E-state index contributed by atoms with van der Waals surface area (Å²) in [5, 5.41) is 2.62. The first kappa shape index (κ1) is 14.0. The van der Waals surface area contributed by atoms with Gasteiger partial charge >= 0.3 is 0 Å². The second-order valence-corrected chi connectivity index (χ2v) is 5.71. The Labute approximate surface area is 125 Å². The molecule has 3 rings (SSSR count).